The Balaban J connectivity index is 2.70. The van der Waals surface area contributed by atoms with Gasteiger partial charge in [-0.25, -0.2) is 0 Å². The number of carbonyl (C=O) groups is 3. The Morgan fingerprint density at radius 1 is 1.22 bits per heavy atom. The molecular formula is C12H14N2O4. The van der Waals surface area contributed by atoms with Crippen molar-refractivity contribution >= 4 is 17.8 Å². The normalized spacial score (nSPS) is 11.4. The third-order valence-electron chi connectivity index (χ3n) is 2.15. The van der Waals surface area contributed by atoms with Gasteiger partial charge in [-0.05, 0) is 31.2 Å². The van der Waals surface area contributed by atoms with Gasteiger partial charge >= 0.3 is 5.97 Å². The molecule has 0 radical (unpaired) electrons. The molecular weight excluding hydrogens is 236 g/mol. The third-order valence-corrected chi connectivity index (χ3v) is 2.15. The van der Waals surface area contributed by atoms with Gasteiger partial charge in [0.15, 0.2) is 0 Å². The summed E-state index contributed by atoms with van der Waals surface area (Å²) in [6, 6.07) is 5.21. The fourth-order valence-corrected chi connectivity index (χ4v) is 1.19. The molecule has 96 valence electrons. The highest BCUT2D eigenvalue weighted by atomic mass is 16.5. The van der Waals surface area contributed by atoms with Crippen molar-refractivity contribution in [2.75, 3.05) is 0 Å². The first-order chi connectivity index (χ1) is 8.40. The average molecular weight is 250 g/mol. The van der Waals surface area contributed by atoms with Crippen LogP contribution in [0.25, 0.3) is 0 Å². The second-order valence-corrected chi connectivity index (χ2v) is 3.72. The second-order valence-electron chi connectivity index (χ2n) is 3.72. The zero-order valence-electron chi connectivity index (χ0n) is 10.1. The molecule has 0 saturated heterocycles. The van der Waals surface area contributed by atoms with Gasteiger partial charge in [0.05, 0.1) is 0 Å². The van der Waals surface area contributed by atoms with Crippen LogP contribution in [0.4, 0.5) is 0 Å². The number of nitrogens with two attached hydrogens (primary N) is 1. The molecule has 0 fully saturated rings. The van der Waals surface area contributed by atoms with E-state index >= 15 is 0 Å². The molecule has 0 aromatic heterocycles. The predicted molar refractivity (Wildman–Crippen MR) is 63.9 cm³/mol. The van der Waals surface area contributed by atoms with Gasteiger partial charge in [-0.2, -0.15) is 0 Å². The van der Waals surface area contributed by atoms with Gasteiger partial charge in [-0.3, -0.25) is 14.4 Å². The fraction of sp³-hybridized carbons (Fsp3) is 0.250. The SMILES string of the molecule is CC(=O)Oc1ccc(C(=O)N[C@H](C)C(N)=O)cc1. The van der Waals surface area contributed by atoms with Crippen molar-refractivity contribution in [1.82, 2.24) is 5.32 Å². The molecule has 1 aromatic carbocycles. The zero-order valence-corrected chi connectivity index (χ0v) is 10.1. The van der Waals surface area contributed by atoms with Crippen LogP contribution in [0.1, 0.15) is 24.2 Å². The summed E-state index contributed by atoms with van der Waals surface area (Å²) >= 11 is 0. The topological polar surface area (TPSA) is 98.5 Å². The van der Waals surface area contributed by atoms with Crippen LogP contribution in [-0.2, 0) is 9.59 Å². The van der Waals surface area contributed by atoms with Crippen LogP contribution in [0.15, 0.2) is 24.3 Å². The first kappa shape index (κ1) is 13.7. The van der Waals surface area contributed by atoms with Gasteiger partial charge in [-0.15, -0.1) is 0 Å². The summed E-state index contributed by atoms with van der Waals surface area (Å²) < 4.78 is 4.82. The molecule has 0 aliphatic heterocycles. The van der Waals surface area contributed by atoms with Gasteiger partial charge in [0.25, 0.3) is 5.91 Å². The smallest absolute Gasteiger partial charge is 0.308 e. The Labute approximate surface area is 104 Å². The van der Waals surface area contributed by atoms with Crippen molar-refractivity contribution in [1.29, 1.82) is 0 Å². The van der Waals surface area contributed by atoms with E-state index in [-0.39, 0.29) is 0 Å². The summed E-state index contributed by atoms with van der Waals surface area (Å²) in [6.45, 7) is 2.78. The van der Waals surface area contributed by atoms with Crippen molar-refractivity contribution in [3.05, 3.63) is 29.8 Å². The Morgan fingerprint density at radius 2 is 1.78 bits per heavy atom. The molecule has 1 atom stereocenters. The maximum atomic E-state index is 11.7. The zero-order chi connectivity index (χ0) is 13.7. The van der Waals surface area contributed by atoms with Crippen LogP contribution in [-0.4, -0.2) is 23.8 Å². The quantitative estimate of drug-likeness (QED) is 0.589. The second kappa shape index (κ2) is 5.81. The summed E-state index contributed by atoms with van der Waals surface area (Å²) in [4.78, 5) is 33.2. The molecule has 0 spiro atoms. The lowest BCUT2D eigenvalue weighted by Gasteiger charge is -2.10. The first-order valence-corrected chi connectivity index (χ1v) is 5.29. The maximum absolute atomic E-state index is 11.7. The minimum atomic E-state index is -0.745. The summed E-state index contributed by atoms with van der Waals surface area (Å²) in [7, 11) is 0. The number of carbonyl (C=O) groups excluding carboxylic acids is 3. The molecule has 0 saturated carbocycles. The van der Waals surface area contributed by atoms with Crippen LogP contribution < -0.4 is 15.8 Å². The van der Waals surface area contributed by atoms with Gasteiger partial charge in [-0.1, -0.05) is 0 Å². The van der Waals surface area contributed by atoms with Gasteiger partial charge in [0.2, 0.25) is 5.91 Å². The Bertz CT molecular complexity index is 467. The number of hydrogen-bond donors (Lipinski definition) is 2. The predicted octanol–water partition coefficient (Wildman–Crippen LogP) is 0.215. The molecule has 6 heteroatoms. The minimum absolute atomic E-state index is 0.346. The summed E-state index contributed by atoms with van der Waals surface area (Å²) in [6.07, 6.45) is 0. The molecule has 18 heavy (non-hydrogen) atoms. The Morgan fingerprint density at radius 3 is 2.22 bits per heavy atom. The van der Waals surface area contributed by atoms with Crippen molar-refractivity contribution in [3.8, 4) is 5.75 Å². The lowest BCUT2D eigenvalue weighted by molar-refractivity contribution is -0.131. The van der Waals surface area contributed by atoms with Crippen molar-refractivity contribution in [2.24, 2.45) is 5.73 Å². The third kappa shape index (κ3) is 3.89. The largest absolute Gasteiger partial charge is 0.427 e. The van der Waals surface area contributed by atoms with Crippen molar-refractivity contribution in [2.45, 2.75) is 19.9 Å². The lowest BCUT2D eigenvalue weighted by atomic mass is 10.2. The fourth-order valence-electron chi connectivity index (χ4n) is 1.19. The molecule has 0 bridgehead atoms. The van der Waals surface area contributed by atoms with E-state index in [1.165, 1.54) is 38.1 Å². The Kier molecular flexibility index (Phi) is 4.42. The van der Waals surface area contributed by atoms with E-state index < -0.39 is 23.8 Å². The van der Waals surface area contributed by atoms with E-state index in [0.717, 1.165) is 0 Å². The highest BCUT2D eigenvalue weighted by Gasteiger charge is 2.13. The number of benzene rings is 1. The van der Waals surface area contributed by atoms with Crippen LogP contribution >= 0.6 is 0 Å². The van der Waals surface area contributed by atoms with Crippen LogP contribution in [0, 0.1) is 0 Å². The number of primary amides is 1. The van der Waals surface area contributed by atoms with E-state index in [1.54, 1.807) is 0 Å². The van der Waals surface area contributed by atoms with Gasteiger partial charge in [0, 0.05) is 12.5 Å². The first-order valence-electron chi connectivity index (χ1n) is 5.29. The van der Waals surface area contributed by atoms with Crippen molar-refractivity contribution in [3.63, 3.8) is 0 Å². The highest BCUT2D eigenvalue weighted by molar-refractivity contribution is 5.97. The molecule has 0 aliphatic rings. The summed E-state index contributed by atoms with van der Waals surface area (Å²) in [5.41, 5.74) is 5.38. The van der Waals surface area contributed by atoms with E-state index in [4.69, 9.17) is 10.5 Å². The van der Waals surface area contributed by atoms with E-state index in [2.05, 4.69) is 5.32 Å². The van der Waals surface area contributed by atoms with E-state index in [9.17, 15) is 14.4 Å². The lowest BCUT2D eigenvalue weighted by Crippen LogP contribution is -2.42. The highest BCUT2D eigenvalue weighted by Crippen LogP contribution is 2.12. The molecule has 3 N–H and O–H groups in total. The van der Waals surface area contributed by atoms with Gasteiger partial charge < -0.3 is 15.8 Å². The standard InChI is InChI=1S/C12H14N2O4/c1-7(11(13)16)14-12(17)9-3-5-10(6-4-9)18-8(2)15/h3-7H,1-2H3,(H2,13,16)(H,14,17)/t7-/m1/s1. The van der Waals surface area contributed by atoms with Crippen LogP contribution in [0.3, 0.4) is 0 Å². The number of rotatable bonds is 4. The molecule has 0 unspecified atom stereocenters. The number of hydrogen-bond acceptors (Lipinski definition) is 4. The maximum Gasteiger partial charge on any atom is 0.308 e. The Hall–Kier alpha value is -2.37. The number of nitrogens with one attached hydrogen (secondary N) is 1. The average Bonchev–Trinajstić information content (AvgIpc) is 2.28. The number of esters is 1. The van der Waals surface area contributed by atoms with Crippen LogP contribution in [0.2, 0.25) is 0 Å². The molecule has 1 rings (SSSR count). The van der Waals surface area contributed by atoms with E-state index in [1.807, 2.05) is 0 Å². The molecule has 0 aliphatic carbocycles. The monoisotopic (exact) mass is 250 g/mol. The number of ether oxygens (including phenoxy) is 1. The molecule has 1 aromatic rings. The molecule has 6 nitrogen and oxygen atoms in total. The summed E-state index contributed by atoms with van der Waals surface area (Å²) in [5, 5.41) is 2.43. The van der Waals surface area contributed by atoms with Crippen LogP contribution in [0.5, 0.6) is 5.75 Å². The minimum Gasteiger partial charge on any atom is -0.427 e. The van der Waals surface area contributed by atoms with E-state index in [0.29, 0.717) is 11.3 Å². The number of amides is 2. The van der Waals surface area contributed by atoms with Gasteiger partial charge in [0.1, 0.15) is 11.8 Å². The summed E-state index contributed by atoms with van der Waals surface area (Å²) in [5.74, 6) is -1.12. The molecule has 2 amide bonds. The molecule has 0 heterocycles. The van der Waals surface area contributed by atoms with Crippen molar-refractivity contribution < 1.29 is 19.1 Å².